The molecule has 0 aromatic heterocycles. The standard InChI is InChI=1S/C11H20/c1-8(2)11-7-9(3)5-6-10(11)4/h9-11H,1,5-7H2,2-4H3/t9?,10-,11?/m1/s1. The van der Waals surface area contributed by atoms with E-state index in [2.05, 4.69) is 27.4 Å². The molecule has 0 spiro atoms. The molecule has 0 heteroatoms. The van der Waals surface area contributed by atoms with E-state index >= 15 is 0 Å². The van der Waals surface area contributed by atoms with E-state index < -0.39 is 0 Å². The van der Waals surface area contributed by atoms with E-state index in [1.165, 1.54) is 24.8 Å². The van der Waals surface area contributed by atoms with Crippen LogP contribution in [0.2, 0.25) is 0 Å². The molecule has 1 fully saturated rings. The summed E-state index contributed by atoms with van der Waals surface area (Å²) in [5, 5.41) is 0. The molecule has 11 heavy (non-hydrogen) atoms. The Morgan fingerprint density at radius 2 is 1.91 bits per heavy atom. The van der Waals surface area contributed by atoms with Crippen molar-refractivity contribution in [1.82, 2.24) is 0 Å². The largest absolute Gasteiger partial charge is 0.0999 e. The topological polar surface area (TPSA) is 0 Å². The van der Waals surface area contributed by atoms with E-state index in [4.69, 9.17) is 0 Å². The van der Waals surface area contributed by atoms with Crippen LogP contribution in [0.1, 0.15) is 40.0 Å². The molecule has 1 aliphatic carbocycles. The monoisotopic (exact) mass is 152 g/mol. The first kappa shape index (κ1) is 8.83. The summed E-state index contributed by atoms with van der Waals surface area (Å²) in [6.07, 6.45) is 4.19. The van der Waals surface area contributed by atoms with Crippen molar-refractivity contribution >= 4 is 0 Å². The minimum atomic E-state index is 0.804. The molecule has 0 nitrogen and oxygen atoms in total. The van der Waals surface area contributed by atoms with Gasteiger partial charge in [-0.3, -0.25) is 0 Å². The summed E-state index contributed by atoms with van der Waals surface area (Å²) in [6, 6.07) is 0. The SMILES string of the molecule is C=C(C)C1CC(C)CC[C@H]1C. The Morgan fingerprint density at radius 1 is 1.27 bits per heavy atom. The lowest BCUT2D eigenvalue weighted by atomic mass is 9.73. The van der Waals surface area contributed by atoms with Gasteiger partial charge in [0.05, 0.1) is 0 Å². The highest BCUT2D eigenvalue weighted by atomic mass is 14.3. The Labute approximate surface area is 70.7 Å². The molecule has 64 valence electrons. The summed E-state index contributed by atoms with van der Waals surface area (Å²) in [7, 11) is 0. The molecule has 0 aromatic rings. The number of rotatable bonds is 1. The Bertz CT molecular complexity index is 146. The third-order valence-electron chi connectivity index (χ3n) is 3.09. The molecule has 0 heterocycles. The van der Waals surface area contributed by atoms with Crippen LogP contribution in [0, 0.1) is 17.8 Å². The molecular formula is C11H20. The minimum Gasteiger partial charge on any atom is -0.0999 e. The first-order chi connectivity index (χ1) is 5.11. The molecule has 0 aliphatic heterocycles. The zero-order valence-electron chi connectivity index (χ0n) is 8.06. The predicted molar refractivity (Wildman–Crippen MR) is 50.5 cm³/mol. The highest BCUT2D eigenvalue weighted by Crippen LogP contribution is 2.36. The van der Waals surface area contributed by atoms with Crippen LogP contribution in [0.15, 0.2) is 12.2 Å². The van der Waals surface area contributed by atoms with Crippen molar-refractivity contribution < 1.29 is 0 Å². The summed E-state index contributed by atoms with van der Waals surface area (Å²) in [6.45, 7) is 11.0. The van der Waals surface area contributed by atoms with Gasteiger partial charge in [0, 0.05) is 0 Å². The van der Waals surface area contributed by atoms with Crippen molar-refractivity contribution in [2.75, 3.05) is 0 Å². The van der Waals surface area contributed by atoms with Crippen LogP contribution >= 0.6 is 0 Å². The zero-order valence-corrected chi connectivity index (χ0v) is 8.06. The molecule has 0 N–H and O–H groups in total. The van der Waals surface area contributed by atoms with Crippen LogP contribution in [-0.4, -0.2) is 0 Å². The second kappa shape index (κ2) is 3.42. The quantitative estimate of drug-likeness (QED) is 0.503. The fraction of sp³-hybridized carbons (Fsp3) is 0.818. The summed E-state index contributed by atoms with van der Waals surface area (Å²) >= 11 is 0. The van der Waals surface area contributed by atoms with E-state index in [1.807, 2.05) is 0 Å². The average Bonchev–Trinajstić information content (AvgIpc) is 1.94. The molecule has 2 unspecified atom stereocenters. The predicted octanol–water partition coefficient (Wildman–Crippen LogP) is 3.63. The number of hydrogen-bond acceptors (Lipinski definition) is 0. The second-order valence-electron chi connectivity index (χ2n) is 4.35. The molecular weight excluding hydrogens is 132 g/mol. The third kappa shape index (κ3) is 2.08. The Hall–Kier alpha value is -0.260. The molecule has 1 rings (SSSR count). The van der Waals surface area contributed by atoms with Gasteiger partial charge in [0.25, 0.3) is 0 Å². The maximum atomic E-state index is 4.06. The Balaban J connectivity index is 2.54. The summed E-state index contributed by atoms with van der Waals surface area (Å²) in [5.41, 5.74) is 1.39. The number of allylic oxidation sites excluding steroid dienone is 1. The van der Waals surface area contributed by atoms with E-state index in [-0.39, 0.29) is 0 Å². The van der Waals surface area contributed by atoms with Crippen molar-refractivity contribution in [3.05, 3.63) is 12.2 Å². The Morgan fingerprint density at radius 3 is 2.36 bits per heavy atom. The lowest BCUT2D eigenvalue weighted by Crippen LogP contribution is -2.22. The van der Waals surface area contributed by atoms with Crippen LogP contribution in [-0.2, 0) is 0 Å². The highest BCUT2D eigenvalue weighted by Gasteiger charge is 2.25. The summed E-state index contributed by atoms with van der Waals surface area (Å²) < 4.78 is 0. The molecule has 0 amide bonds. The van der Waals surface area contributed by atoms with E-state index in [0.29, 0.717) is 0 Å². The number of hydrogen-bond donors (Lipinski definition) is 0. The van der Waals surface area contributed by atoms with Gasteiger partial charge in [-0.25, -0.2) is 0 Å². The molecule has 3 atom stereocenters. The molecule has 1 aliphatic rings. The molecule has 0 radical (unpaired) electrons. The molecule has 1 saturated carbocycles. The van der Waals surface area contributed by atoms with Gasteiger partial charge in [-0.05, 0) is 37.5 Å². The highest BCUT2D eigenvalue weighted by molar-refractivity contribution is 5.00. The van der Waals surface area contributed by atoms with Gasteiger partial charge >= 0.3 is 0 Å². The average molecular weight is 152 g/mol. The second-order valence-corrected chi connectivity index (χ2v) is 4.35. The maximum Gasteiger partial charge on any atom is -0.0180 e. The van der Waals surface area contributed by atoms with Crippen molar-refractivity contribution in [3.63, 3.8) is 0 Å². The normalized spacial score (nSPS) is 38.6. The molecule has 0 saturated heterocycles. The fourth-order valence-electron chi connectivity index (χ4n) is 2.22. The van der Waals surface area contributed by atoms with Crippen LogP contribution in [0.4, 0.5) is 0 Å². The van der Waals surface area contributed by atoms with Crippen LogP contribution in [0.5, 0.6) is 0 Å². The lowest BCUT2D eigenvalue weighted by molar-refractivity contribution is 0.234. The zero-order chi connectivity index (χ0) is 8.43. The smallest absolute Gasteiger partial charge is 0.0180 e. The minimum absolute atomic E-state index is 0.804. The maximum absolute atomic E-state index is 4.06. The van der Waals surface area contributed by atoms with Crippen LogP contribution in [0.25, 0.3) is 0 Å². The van der Waals surface area contributed by atoms with Gasteiger partial charge in [0.15, 0.2) is 0 Å². The first-order valence-corrected chi connectivity index (χ1v) is 4.76. The fourth-order valence-corrected chi connectivity index (χ4v) is 2.22. The molecule has 0 aromatic carbocycles. The van der Waals surface area contributed by atoms with Gasteiger partial charge < -0.3 is 0 Å². The molecule has 0 bridgehead atoms. The Kier molecular flexibility index (Phi) is 2.75. The summed E-state index contributed by atoms with van der Waals surface area (Å²) in [5.74, 6) is 2.61. The van der Waals surface area contributed by atoms with Gasteiger partial charge in [-0.15, -0.1) is 0 Å². The van der Waals surface area contributed by atoms with Crippen molar-refractivity contribution in [2.24, 2.45) is 17.8 Å². The lowest BCUT2D eigenvalue weighted by Gasteiger charge is -2.33. The van der Waals surface area contributed by atoms with Gasteiger partial charge in [-0.1, -0.05) is 32.4 Å². The van der Waals surface area contributed by atoms with E-state index in [9.17, 15) is 0 Å². The van der Waals surface area contributed by atoms with Gasteiger partial charge in [-0.2, -0.15) is 0 Å². The van der Waals surface area contributed by atoms with E-state index in [1.54, 1.807) is 0 Å². The van der Waals surface area contributed by atoms with Gasteiger partial charge in [0.2, 0.25) is 0 Å². The van der Waals surface area contributed by atoms with E-state index in [0.717, 1.165) is 17.8 Å². The third-order valence-corrected chi connectivity index (χ3v) is 3.09. The van der Waals surface area contributed by atoms with Crippen LogP contribution < -0.4 is 0 Å². The van der Waals surface area contributed by atoms with Crippen molar-refractivity contribution in [3.8, 4) is 0 Å². The van der Waals surface area contributed by atoms with Crippen LogP contribution in [0.3, 0.4) is 0 Å². The summed E-state index contributed by atoms with van der Waals surface area (Å²) in [4.78, 5) is 0. The van der Waals surface area contributed by atoms with Gasteiger partial charge in [0.1, 0.15) is 0 Å². The van der Waals surface area contributed by atoms with Crippen molar-refractivity contribution in [2.45, 2.75) is 40.0 Å². The van der Waals surface area contributed by atoms with Crippen molar-refractivity contribution in [1.29, 1.82) is 0 Å². The first-order valence-electron chi connectivity index (χ1n) is 4.76.